The van der Waals surface area contributed by atoms with Crippen molar-refractivity contribution in [2.75, 3.05) is 11.4 Å². The largest absolute Gasteiger partial charge is 0.480 e. The zero-order valence-electron chi connectivity index (χ0n) is 11.7. The number of anilines is 1. The van der Waals surface area contributed by atoms with Crippen LogP contribution in [0.2, 0.25) is 0 Å². The van der Waals surface area contributed by atoms with E-state index in [9.17, 15) is 15.2 Å². The number of nitrogens with zero attached hydrogens (tertiary/aromatic N) is 3. The number of carboxylic acids is 1. The van der Waals surface area contributed by atoms with Crippen LogP contribution < -0.4 is 4.90 Å². The van der Waals surface area contributed by atoms with E-state index in [1.807, 2.05) is 31.2 Å². The molecule has 0 aliphatic carbocycles. The Kier molecular flexibility index (Phi) is 3.22. The molecule has 0 amide bonds. The lowest BCUT2D eigenvalue weighted by atomic mass is 10.0. The van der Waals surface area contributed by atoms with E-state index >= 15 is 0 Å². The van der Waals surface area contributed by atoms with Gasteiger partial charge in [-0.05, 0) is 24.5 Å². The maximum atomic E-state index is 11.5. The summed E-state index contributed by atoms with van der Waals surface area (Å²) in [5.74, 6) is -0.339. The normalized spacial score (nSPS) is 21.4. The van der Waals surface area contributed by atoms with Gasteiger partial charge in [0.05, 0.1) is 11.1 Å². The fourth-order valence-corrected chi connectivity index (χ4v) is 2.97. The smallest absolute Gasteiger partial charge is 0.326 e. The van der Waals surface area contributed by atoms with Crippen LogP contribution in [0.5, 0.6) is 0 Å². The highest BCUT2D eigenvalue weighted by Crippen LogP contribution is 2.32. The first-order valence-corrected chi connectivity index (χ1v) is 6.91. The SMILES string of the molecule is CC1CCN(c2nc3ccccc3cc2C#N)C1C(=O)O. The van der Waals surface area contributed by atoms with Crippen molar-refractivity contribution in [2.24, 2.45) is 5.92 Å². The zero-order chi connectivity index (χ0) is 15.0. The van der Waals surface area contributed by atoms with Gasteiger partial charge < -0.3 is 10.0 Å². The summed E-state index contributed by atoms with van der Waals surface area (Å²) in [6, 6.07) is 10.8. The first kappa shape index (κ1) is 13.4. The molecule has 0 spiro atoms. The Morgan fingerprint density at radius 1 is 1.48 bits per heavy atom. The summed E-state index contributed by atoms with van der Waals surface area (Å²) in [5.41, 5.74) is 1.20. The Balaban J connectivity index is 2.15. The van der Waals surface area contributed by atoms with Crippen LogP contribution in [0.3, 0.4) is 0 Å². The van der Waals surface area contributed by atoms with Gasteiger partial charge in [0.2, 0.25) is 0 Å². The zero-order valence-corrected chi connectivity index (χ0v) is 11.7. The Bertz CT molecular complexity index is 751. The molecule has 2 aromatic rings. The lowest BCUT2D eigenvalue weighted by Gasteiger charge is -2.25. The number of hydrogen-bond acceptors (Lipinski definition) is 4. The molecule has 0 saturated carbocycles. The van der Waals surface area contributed by atoms with Crippen molar-refractivity contribution in [3.05, 3.63) is 35.9 Å². The van der Waals surface area contributed by atoms with Crippen LogP contribution in [0.1, 0.15) is 18.9 Å². The quantitative estimate of drug-likeness (QED) is 0.914. The molecule has 2 heterocycles. The first-order chi connectivity index (χ1) is 10.1. The lowest BCUT2D eigenvalue weighted by molar-refractivity contribution is -0.139. The molecule has 1 fully saturated rings. The van der Waals surface area contributed by atoms with Crippen molar-refractivity contribution in [1.29, 1.82) is 5.26 Å². The number of aliphatic carboxylic acids is 1. The van der Waals surface area contributed by atoms with Crippen molar-refractivity contribution in [1.82, 2.24) is 4.98 Å². The highest BCUT2D eigenvalue weighted by atomic mass is 16.4. The molecule has 5 nitrogen and oxygen atoms in total. The van der Waals surface area contributed by atoms with Crippen molar-refractivity contribution in [3.63, 3.8) is 0 Å². The Labute approximate surface area is 122 Å². The molecule has 1 N–H and O–H groups in total. The van der Waals surface area contributed by atoms with Gasteiger partial charge in [-0.1, -0.05) is 25.1 Å². The number of nitriles is 1. The van der Waals surface area contributed by atoms with Crippen LogP contribution in [0.15, 0.2) is 30.3 Å². The van der Waals surface area contributed by atoms with Crippen molar-refractivity contribution in [2.45, 2.75) is 19.4 Å². The second-order valence-electron chi connectivity index (χ2n) is 5.41. The maximum absolute atomic E-state index is 11.5. The third-order valence-corrected chi connectivity index (χ3v) is 4.05. The van der Waals surface area contributed by atoms with E-state index in [-0.39, 0.29) is 5.92 Å². The van der Waals surface area contributed by atoms with Gasteiger partial charge in [-0.25, -0.2) is 9.78 Å². The molecule has 5 heteroatoms. The van der Waals surface area contributed by atoms with Gasteiger partial charge in [0.1, 0.15) is 17.9 Å². The third kappa shape index (κ3) is 2.19. The number of para-hydroxylation sites is 1. The standard InChI is InChI=1S/C16H15N3O2/c1-10-6-7-19(14(10)16(20)21)15-12(9-17)8-11-4-2-3-5-13(11)18-15/h2-5,8,10,14H,6-7H2,1H3,(H,20,21). The molecule has 1 aliphatic heterocycles. The van der Waals surface area contributed by atoms with Crippen LogP contribution in [0.25, 0.3) is 10.9 Å². The fourth-order valence-electron chi connectivity index (χ4n) is 2.97. The summed E-state index contributed by atoms with van der Waals surface area (Å²) >= 11 is 0. The van der Waals surface area contributed by atoms with Gasteiger partial charge >= 0.3 is 5.97 Å². The molecule has 0 radical (unpaired) electrons. The van der Waals surface area contributed by atoms with Crippen LogP contribution in [0.4, 0.5) is 5.82 Å². The summed E-state index contributed by atoms with van der Waals surface area (Å²) in [6.07, 6.45) is 0.788. The molecule has 21 heavy (non-hydrogen) atoms. The lowest BCUT2D eigenvalue weighted by Crippen LogP contribution is -2.39. The van der Waals surface area contributed by atoms with E-state index in [1.165, 1.54) is 0 Å². The molecule has 1 aliphatic rings. The number of hydrogen-bond donors (Lipinski definition) is 1. The Morgan fingerprint density at radius 2 is 2.24 bits per heavy atom. The van der Waals surface area contributed by atoms with E-state index in [1.54, 1.807) is 11.0 Å². The van der Waals surface area contributed by atoms with Crippen LogP contribution in [0, 0.1) is 17.2 Å². The number of carbonyl (C=O) groups is 1. The van der Waals surface area contributed by atoms with E-state index < -0.39 is 12.0 Å². The van der Waals surface area contributed by atoms with Crippen LogP contribution in [-0.4, -0.2) is 28.6 Å². The molecule has 2 unspecified atom stereocenters. The summed E-state index contributed by atoms with van der Waals surface area (Å²) in [7, 11) is 0. The highest BCUT2D eigenvalue weighted by molar-refractivity contribution is 5.85. The molecule has 3 rings (SSSR count). The van der Waals surface area contributed by atoms with Gasteiger partial charge in [0, 0.05) is 11.9 Å². The number of aromatic nitrogens is 1. The minimum atomic E-state index is -0.862. The second-order valence-corrected chi connectivity index (χ2v) is 5.41. The summed E-state index contributed by atoms with van der Waals surface area (Å²) < 4.78 is 0. The number of benzene rings is 1. The molecule has 106 valence electrons. The molecule has 1 saturated heterocycles. The average Bonchev–Trinajstić information content (AvgIpc) is 2.87. The minimum Gasteiger partial charge on any atom is -0.480 e. The summed E-state index contributed by atoms with van der Waals surface area (Å²) in [6.45, 7) is 2.53. The number of carboxylic acid groups (broad SMARTS) is 1. The van der Waals surface area contributed by atoms with Gasteiger partial charge in [-0.2, -0.15) is 5.26 Å². The van der Waals surface area contributed by atoms with Crippen molar-refractivity contribution in [3.8, 4) is 6.07 Å². The van der Waals surface area contributed by atoms with Gasteiger partial charge in [0.25, 0.3) is 0 Å². The van der Waals surface area contributed by atoms with Gasteiger partial charge in [0.15, 0.2) is 0 Å². The maximum Gasteiger partial charge on any atom is 0.326 e. The van der Waals surface area contributed by atoms with Crippen molar-refractivity contribution >= 4 is 22.7 Å². The summed E-state index contributed by atoms with van der Waals surface area (Å²) in [4.78, 5) is 17.8. The molecular formula is C16H15N3O2. The van der Waals surface area contributed by atoms with Crippen molar-refractivity contribution < 1.29 is 9.90 Å². The molecule has 1 aromatic carbocycles. The average molecular weight is 281 g/mol. The number of pyridine rings is 1. The number of rotatable bonds is 2. The predicted octanol–water partition coefficient (Wildman–Crippen LogP) is 2.41. The van der Waals surface area contributed by atoms with Crippen LogP contribution >= 0.6 is 0 Å². The molecule has 2 atom stereocenters. The monoisotopic (exact) mass is 281 g/mol. The van der Waals surface area contributed by atoms with E-state index in [0.29, 0.717) is 17.9 Å². The third-order valence-electron chi connectivity index (χ3n) is 4.05. The van der Waals surface area contributed by atoms with Gasteiger partial charge in [-0.3, -0.25) is 0 Å². The number of fused-ring (bicyclic) bond motifs is 1. The molecule has 0 bridgehead atoms. The Morgan fingerprint density at radius 3 is 2.95 bits per heavy atom. The van der Waals surface area contributed by atoms with E-state index in [4.69, 9.17) is 0 Å². The highest BCUT2D eigenvalue weighted by Gasteiger charge is 2.38. The van der Waals surface area contributed by atoms with Crippen LogP contribution in [-0.2, 0) is 4.79 Å². The minimum absolute atomic E-state index is 0.0438. The van der Waals surface area contributed by atoms with E-state index in [0.717, 1.165) is 17.3 Å². The van der Waals surface area contributed by atoms with E-state index in [2.05, 4.69) is 11.1 Å². The van der Waals surface area contributed by atoms with Gasteiger partial charge in [-0.15, -0.1) is 0 Å². The predicted molar refractivity (Wildman–Crippen MR) is 79.0 cm³/mol. The molecular weight excluding hydrogens is 266 g/mol. The Hall–Kier alpha value is -2.61. The second kappa shape index (κ2) is 5.06. The first-order valence-electron chi connectivity index (χ1n) is 6.91. The summed E-state index contributed by atoms with van der Waals surface area (Å²) in [5, 5.41) is 19.7. The molecule has 1 aromatic heterocycles. The topological polar surface area (TPSA) is 77.2 Å². The fraction of sp³-hybridized carbons (Fsp3) is 0.312.